The van der Waals surface area contributed by atoms with Crippen LogP contribution in [0.3, 0.4) is 0 Å². The molecule has 0 aromatic heterocycles. The fraction of sp³-hybridized carbons (Fsp3) is 0.300. The Labute approximate surface area is 92.1 Å². The van der Waals surface area contributed by atoms with E-state index in [0.717, 1.165) is 15.8 Å². The molecule has 0 radical (unpaired) electrons. The van der Waals surface area contributed by atoms with E-state index < -0.39 is 0 Å². The number of benzene rings is 1. The van der Waals surface area contributed by atoms with Crippen molar-refractivity contribution in [3.8, 4) is 5.75 Å². The molecule has 14 heavy (non-hydrogen) atoms. The molecule has 0 saturated carbocycles. The molecule has 0 spiro atoms. The molecule has 76 valence electrons. The van der Waals surface area contributed by atoms with Crippen molar-refractivity contribution in [1.29, 1.82) is 0 Å². The van der Waals surface area contributed by atoms with Gasteiger partial charge in [0.2, 0.25) is 0 Å². The smallest absolute Gasteiger partial charge is 0.120 e. The van der Waals surface area contributed by atoms with Crippen LogP contribution in [0.2, 0.25) is 0 Å². The van der Waals surface area contributed by atoms with Gasteiger partial charge in [-0.2, -0.15) is 5.10 Å². The maximum Gasteiger partial charge on any atom is 0.120 e. The van der Waals surface area contributed by atoms with E-state index >= 15 is 0 Å². The Morgan fingerprint density at radius 3 is 2.79 bits per heavy atom. The first-order chi connectivity index (χ1) is 6.63. The lowest BCUT2D eigenvalue weighted by atomic mass is 10.2. The fourth-order valence-corrected chi connectivity index (χ4v) is 1.40. The Bertz CT molecular complexity index is 337. The van der Waals surface area contributed by atoms with Gasteiger partial charge in [-0.25, -0.2) is 0 Å². The van der Waals surface area contributed by atoms with Gasteiger partial charge in [-0.15, -0.1) is 0 Å². The van der Waals surface area contributed by atoms with Gasteiger partial charge in [0.15, 0.2) is 0 Å². The number of hydrogen-bond acceptors (Lipinski definition) is 3. The van der Waals surface area contributed by atoms with Crippen molar-refractivity contribution in [2.75, 3.05) is 0 Å². The number of nitrogens with two attached hydrogens (primary N) is 1. The monoisotopic (exact) mass is 256 g/mol. The number of halogens is 1. The summed E-state index contributed by atoms with van der Waals surface area (Å²) < 4.78 is 6.48. The van der Waals surface area contributed by atoms with Crippen LogP contribution >= 0.6 is 15.9 Å². The summed E-state index contributed by atoms with van der Waals surface area (Å²) in [6.45, 7) is 3.97. The van der Waals surface area contributed by atoms with Crippen LogP contribution in [-0.2, 0) is 0 Å². The van der Waals surface area contributed by atoms with Crippen molar-refractivity contribution >= 4 is 22.1 Å². The first-order valence-corrected chi connectivity index (χ1v) is 5.12. The molecule has 0 aliphatic carbocycles. The first-order valence-electron chi connectivity index (χ1n) is 4.33. The van der Waals surface area contributed by atoms with Gasteiger partial charge in [0, 0.05) is 10.0 Å². The molecule has 0 aliphatic heterocycles. The normalized spacial score (nSPS) is 11.1. The lowest BCUT2D eigenvalue weighted by Crippen LogP contribution is -2.05. The largest absolute Gasteiger partial charge is 0.491 e. The number of hydrazone groups is 1. The summed E-state index contributed by atoms with van der Waals surface area (Å²) in [7, 11) is 0. The van der Waals surface area contributed by atoms with E-state index in [4.69, 9.17) is 10.6 Å². The third-order valence-corrected chi connectivity index (χ3v) is 2.28. The van der Waals surface area contributed by atoms with Crippen molar-refractivity contribution < 1.29 is 4.74 Å². The van der Waals surface area contributed by atoms with E-state index in [-0.39, 0.29) is 6.10 Å². The molecule has 0 bridgehead atoms. The van der Waals surface area contributed by atoms with Gasteiger partial charge in [-0.3, -0.25) is 0 Å². The van der Waals surface area contributed by atoms with E-state index in [2.05, 4.69) is 21.0 Å². The molecule has 0 amide bonds. The molecule has 1 aromatic rings. The second-order valence-corrected chi connectivity index (χ2v) is 3.98. The highest BCUT2D eigenvalue weighted by molar-refractivity contribution is 9.10. The quantitative estimate of drug-likeness (QED) is 0.514. The molecular weight excluding hydrogens is 244 g/mol. The van der Waals surface area contributed by atoms with Crippen LogP contribution in [0.25, 0.3) is 0 Å². The number of rotatable bonds is 3. The first kappa shape index (κ1) is 11.0. The van der Waals surface area contributed by atoms with Crippen molar-refractivity contribution in [1.82, 2.24) is 0 Å². The molecule has 2 N–H and O–H groups in total. The van der Waals surface area contributed by atoms with Crippen molar-refractivity contribution in [3.05, 3.63) is 28.2 Å². The SMILES string of the molecule is CC(C)Oc1ccc(Br)c(C=NN)c1. The summed E-state index contributed by atoms with van der Waals surface area (Å²) in [4.78, 5) is 0. The van der Waals surface area contributed by atoms with Crippen LogP contribution < -0.4 is 10.6 Å². The van der Waals surface area contributed by atoms with Crippen LogP contribution in [0.1, 0.15) is 19.4 Å². The zero-order valence-electron chi connectivity index (χ0n) is 8.20. The predicted molar refractivity (Wildman–Crippen MR) is 61.7 cm³/mol. The third-order valence-electron chi connectivity index (χ3n) is 1.55. The van der Waals surface area contributed by atoms with E-state index in [9.17, 15) is 0 Å². The van der Waals surface area contributed by atoms with Gasteiger partial charge < -0.3 is 10.6 Å². The fourth-order valence-electron chi connectivity index (χ4n) is 1.05. The Morgan fingerprint density at radius 2 is 2.21 bits per heavy atom. The Kier molecular flexibility index (Phi) is 3.95. The van der Waals surface area contributed by atoms with E-state index in [1.807, 2.05) is 32.0 Å². The molecule has 0 unspecified atom stereocenters. The number of nitrogens with zero attached hydrogens (tertiary/aromatic N) is 1. The molecule has 0 atom stereocenters. The van der Waals surface area contributed by atoms with Crippen molar-refractivity contribution in [2.45, 2.75) is 20.0 Å². The summed E-state index contributed by atoms with van der Waals surface area (Å²) in [6, 6.07) is 5.70. The molecule has 0 aliphatic rings. The van der Waals surface area contributed by atoms with Crippen LogP contribution in [-0.4, -0.2) is 12.3 Å². The summed E-state index contributed by atoms with van der Waals surface area (Å²) in [5.74, 6) is 5.91. The summed E-state index contributed by atoms with van der Waals surface area (Å²) >= 11 is 3.40. The van der Waals surface area contributed by atoms with Gasteiger partial charge in [0.05, 0.1) is 12.3 Å². The maximum atomic E-state index is 5.53. The molecule has 1 rings (SSSR count). The number of ether oxygens (including phenoxy) is 1. The maximum absolute atomic E-state index is 5.53. The van der Waals surface area contributed by atoms with E-state index in [0.29, 0.717) is 0 Å². The average Bonchev–Trinajstić information content (AvgIpc) is 2.10. The van der Waals surface area contributed by atoms with Gasteiger partial charge in [0.1, 0.15) is 5.75 Å². The van der Waals surface area contributed by atoms with Crippen LogP contribution in [0.4, 0.5) is 0 Å². The lowest BCUT2D eigenvalue weighted by Gasteiger charge is -2.10. The van der Waals surface area contributed by atoms with Crippen molar-refractivity contribution in [2.24, 2.45) is 10.9 Å². The minimum atomic E-state index is 0.166. The van der Waals surface area contributed by atoms with E-state index in [1.165, 1.54) is 0 Å². The molecule has 0 heterocycles. The van der Waals surface area contributed by atoms with Crippen molar-refractivity contribution in [3.63, 3.8) is 0 Å². The van der Waals surface area contributed by atoms with Crippen LogP contribution in [0.15, 0.2) is 27.8 Å². The average molecular weight is 257 g/mol. The molecule has 0 saturated heterocycles. The van der Waals surface area contributed by atoms with Gasteiger partial charge in [-0.05, 0) is 32.0 Å². The number of hydrogen-bond donors (Lipinski definition) is 1. The molecule has 3 nitrogen and oxygen atoms in total. The van der Waals surface area contributed by atoms with Gasteiger partial charge in [-0.1, -0.05) is 15.9 Å². The zero-order valence-corrected chi connectivity index (χ0v) is 9.78. The zero-order chi connectivity index (χ0) is 10.6. The molecule has 0 fully saturated rings. The predicted octanol–water partition coefficient (Wildman–Crippen LogP) is 2.53. The Balaban J connectivity index is 2.94. The molecule has 1 aromatic carbocycles. The van der Waals surface area contributed by atoms with Gasteiger partial charge >= 0.3 is 0 Å². The second-order valence-electron chi connectivity index (χ2n) is 3.13. The van der Waals surface area contributed by atoms with Crippen LogP contribution in [0, 0.1) is 0 Å². The Hall–Kier alpha value is -1.03. The highest BCUT2D eigenvalue weighted by Crippen LogP contribution is 2.21. The minimum absolute atomic E-state index is 0.166. The van der Waals surface area contributed by atoms with E-state index in [1.54, 1.807) is 6.21 Å². The Morgan fingerprint density at radius 1 is 1.50 bits per heavy atom. The second kappa shape index (κ2) is 5.00. The van der Waals surface area contributed by atoms with Crippen LogP contribution in [0.5, 0.6) is 5.75 Å². The molecule has 4 heteroatoms. The lowest BCUT2D eigenvalue weighted by molar-refractivity contribution is 0.242. The summed E-state index contributed by atoms with van der Waals surface area (Å²) in [6.07, 6.45) is 1.75. The summed E-state index contributed by atoms with van der Waals surface area (Å²) in [5, 5.41) is 3.48. The standard InChI is InChI=1S/C10H13BrN2O/c1-7(2)14-9-3-4-10(11)8(5-9)6-13-12/h3-7H,12H2,1-2H3. The molecular formula is C10H13BrN2O. The summed E-state index contributed by atoms with van der Waals surface area (Å²) in [5.41, 5.74) is 0.908. The highest BCUT2D eigenvalue weighted by Gasteiger charge is 2.01. The highest BCUT2D eigenvalue weighted by atomic mass is 79.9. The third kappa shape index (κ3) is 3.03. The topological polar surface area (TPSA) is 47.6 Å². The minimum Gasteiger partial charge on any atom is -0.491 e. The van der Waals surface area contributed by atoms with Gasteiger partial charge in [0.25, 0.3) is 0 Å².